The summed E-state index contributed by atoms with van der Waals surface area (Å²) in [6, 6.07) is 2.50. The van der Waals surface area contributed by atoms with Crippen LogP contribution in [0.3, 0.4) is 0 Å². The molecule has 0 aliphatic carbocycles. The molecule has 0 bridgehead atoms. The van der Waals surface area contributed by atoms with E-state index in [0.29, 0.717) is 11.1 Å². The zero-order chi connectivity index (χ0) is 10.9. The van der Waals surface area contributed by atoms with Crippen LogP contribution in [-0.2, 0) is 0 Å². The molecule has 1 rings (SSSR count). The molecule has 0 aliphatic heterocycles. The number of benzene rings is 1. The zero-order valence-electron chi connectivity index (χ0n) is 7.84. The Hall–Kier alpha value is -1.45. The van der Waals surface area contributed by atoms with E-state index < -0.39 is 12.4 Å². The van der Waals surface area contributed by atoms with Crippen molar-refractivity contribution in [2.24, 2.45) is 0 Å². The molecule has 0 aliphatic rings. The third kappa shape index (κ3) is 1.89. The van der Waals surface area contributed by atoms with Gasteiger partial charge in [-0.25, -0.2) is 13.6 Å². The van der Waals surface area contributed by atoms with E-state index in [0.717, 1.165) is 6.07 Å². The predicted octanol–water partition coefficient (Wildman–Crippen LogP) is 2.94. The molecule has 0 spiro atoms. The van der Waals surface area contributed by atoms with Crippen molar-refractivity contribution in [1.29, 1.82) is 0 Å². The molecule has 0 aromatic heterocycles. The highest BCUT2D eigenvalue weighted by molar-refractivity contribution is 5.89. The molecule has 0 heterocycles. The third-order valence-electron chi connectivity index (χ3n) is 2.08. The molecule has 4 heteroatoms. The van der Waals surface area contributed by atoms with Gasteiger partial charge in [-0.1, -0.05) is 6.07 Å². The Kier molecular flexibility index (Phi) is 2.84. The van der Waals surface area contributed by atoms with Crippen LogP contribution in [0.15, 0.2) is 12.1 Å². The van der Waals surface area contributed by atoms with Gasteiger partial charge in [0.05, 0.1) is 5.56 Å². The van der Waals surface area contributed by atoms with Crippen molar-refractivity contribution in [3.8, 4) is 0 Å². The topological polar surface area (TPSA) is 37.3 Å². The lowest BCUT2D eigenvalue weighted by Crippen LogP contribution is -2.03. The van der Waals surface area contributed by atoms with Crippen molar-refractivity contribution in [3.63, 3.8) is 0 Å². The fraction of sp³-hybridized carbons (Fsp3) is 0.300. The summed E-state index contributed by atoms with van der Waals surface area (Å²) >= 11 is 0. The Bertz CT molecular complexity index is 373. The number of aromatic carboxylic acids is 1. The maximum atomic E-state index is 12.4. The van der Waals surface area contributed by atoms with Crippen molar-refractivity contribution in [2.75, 3.05) is 0 Å². The molecule has 0 saturated heterocycles. The zero-order valence-corrected chi connectivity index (χ0v) is 7.84. The number of aryl methyl sites for hydroxylation is 2. The first-order chi connectivity index (χ1) is 6.43. The Labute approximate surface area is 80.2 Å². The lowest BCUT2D eigenvalue weighted by Gasteiger charge is -2.08. The molecular formula is C10H10F2O2. The summed E-state index contributed by atoms with van der Waals surface area (Å²) in [5.74, 6) is -1.18. The minimum absolute atomic E-state index is 0.0640. The molecule has 0 fully saturated rings. The molecule has 2 nitrogen and oxygen atoms in total. The van der Waals surface area contributed by atoms with Gasteiger partial charge in [-0.05, 0) is 31.0 Å². The van der Waals surface area contributed by atoms with Crippen LogP contribution < -0.4 is 0 Å². The highest BCUT2D eigenvalue weighted by Gasteiger charge is 2.15. The van der Waals surface area contributed by atoms with Gasteiger partial charge in [0.25, 0.3) is 6.43 Å². The van der Waals surface area contributed by atoms with Crippen molar-refractivity contribution in [2.45, 2.75) is 20.3 Å². The molecule has 0 radical (unpaired) electrons. The molecule has 0 atom stereocenters. The smallest absolute Gasteiger partial charge is 0.335 e. The van der Waals surface area contributed by atoms with E-state index in [4.69, 9.17) is 5.11 Å². The van der Waals surface area contributed by atoms with E-state index >= 15 is 0 Å². The molecule has 14 heavy (non-hydrogen) atoms. The van der Waals surface area contributed by atoms with Gasteiger partial charge in [0.15, 0.2) is 0 Å². The average molecular weight is 200 g/mol. The normalized spacial score (nSPS) is 10.6. The number of alkyl halides is 2. The second-order valence-electron chi connectivity index (χ2n) is 3.13. The monoisotopic (exact) mass is 200 g/mol. The van der Waals surface area contributed by atoms with Crippen LogP contribution in [-0.4, -0.2) is 11.1 Å². The largest absolute Gasteiger partial charge is 0.478 e. The second-order valence-corrected chi connectivity index (χ2v) is 3.13. The number of carboxylic acid groups (broad SMARTS) is 1. The van der Waals surface area contributed by atoms with Gasteiger partial charge in [0, 0.05) is 5.56 Å². The van der Waals surface area contributed by atoms with Crippen LogP contribution in [0.4, 0.5) is 8.78 Å². The standard InChI is InChI=1S/C10H10F2O2/c1-5-3-6(2)8(10(13)14)4-7(5)9(11)12/h3-4,9H,1-2H3,(H,13,14). The maximum Gasteiger partial charge on any atom is 0.335 e. The van der Waals surface area contributed by atoms with E-state index in [1.54, 1.807) is 13.8 Å². The summed E-state index contributed by atoms with van der Waals surface area (Å²) < 4.78 is 24.8. The lowest BCUT2D eigenvalue weighted by molar-refractivity contribution is 0.0695. The summed E-state index contributed by atoms with van der Waals surface area (Å²) in [7, 11) is 0. The fourth-order valence-corrected chi connectivity index (χ4v) is 1.33. The molecular weight excluding hydrogens is 190 g/mol. The van der Waals surface area contributed by atoms with E-state index in [-0.39, 0.29) is 11.1 Å². The van der Waals surface area contributed by atoms with Gasteiger partial charge in [-0.2, -0.15) is 0 Å². The average Bonchev–Trinajstić information content (AvgIpc) is 2.02. The molecule has 1 aromatic carbocycles. The Morgan fingerprint density at radius 1 is 1.29 bits per heavy atom. The molecule has 0 unspecified atom stereocenters. The van der Waals surface area contributed by atoms with E-state index in [1.165, 1.54) is 6.07 Å². The van der Waals surface area contributed by atoms with E-state index in [1.807, 2.05) is 0 Å². The Morgan fingerprint density at radius 2 is 1.86 bits per heavy atom. The fourth-order valence-electron chi connectivity index (χ4n) is 1.33. The van der Waals surface area contributed by atoms with Crippen LogP contribution in [0.1, 0.15) is 33.5 Å². The minimum atomic E-state index is -2.63. The highest BCUT2D eigenvalue weighted by Crippen LogP contribution is 2.25. The lowest BCUT2D eigenvalue weighted by atomic mass is 10.0. The molecule has 1 aromatic rings. The van der Waals surface area contributed by atoms with Gasteiger partial charge < -0.3 is 5.11 Å². The number of hydrogen-bond acceptors (Lipinski definition) is 1. The number of rotatable bonds is 2. The van der Waals surface area contributed by atoms with E-state index in [2.05, 4.69) is 0 Å². The van der Waals surface area contributed by atoms with Gasteiger partial charge in [0.1, 0.15) is 0 Å². The number of carbonyl (C=O) groups is 1. The number of halogens is 2. The van der Waals surface area contributed by atoms with E-state index in [9.17, 15) is 13.6 Å². The summed E-state index contributed by atoms with van der Waals surface area (Å²) in [4.78, 5) is 10.7. The van der Waals surface area contributed by atoms with Crippen molar-refractivity contribution >= 4 is 5.97 Å². The summed E-state index contributed by atoms with van der Waals surface area (Å²) in [5, 5.41) is 8.72. The van der Waals surface area contributed by atoms with Crippen LogP contribution in [0, 0.1) is 13.8 Å². The minimum Gasteiger partial charge on any atom is -0.478 e. The van der Waals surface area contributed by atoms with Crippen LogP contribution in [0.5, 0.6) is 0 Å². The number of carboxylic acids is 1. The SMILES string of the molecule is Cc1cc(C)c(C(F)F)cc1C(=O)O. The van der Waals surface area contributed by atoms with Crippen molar-refractivity contribution in [1.82, 2.24) is 0 Å². The first kappa shape index (κ1) is 10.6. The van der Waals surface area contributed by atoms with Crippen LogP contribution >= 0.6 is 0 Å². The first-order valence-electron chi connectivity index (χ1n) is 4.06. The Balaban J connectivity index is 3.34. The van der Waals surface area contributed by atoms with Crippen molar-refractivity contribution in [3.05, 3.63) is 34.4 Å². The van der Waals surface area contributed by atoms with Crippen LogP contribution in [0.2, 0.25) is 0 Å². The highest BCUT2D eigenvalue weighted by atomic mass is 19.3. The van der Waals surface area contributed by atoms with Crippen molar-refractivity contribution < 1.29 is 18.7 Å². The summed E-state index contributed by atoms with van der Waals surface area (Å²) in [6.07, 6.45) is -2.63. The second kappa shape index (κ2) is 3.74. The molecule has 76 valence electrons. The molecule has 0 amide bonds. The van der Waals surface area contributed by atoms with Gasteiger partial charge in [-0.3, -0.25) is 0 Å². The maximum absolute atomic E-state index is 12.4. The van der Waals surface area contributed by atoms with Gasteiger partial charge >= 0.3 is 5.97 Å². The quantitative estimate of drug-likeness (QED) is 0.796. The van der Waals surface area contributed by atoms with Gasteiger partial charge in [0.2, 0.25) is 0 Å². The van der Waals surface area contributed by atoms with Gasteiger partial charge in [-0.15, -0.1) is 0 Å². The molecule has 0 saturated carbocycles. The molecule has 1 N–H and O–H groups in total. The first-order valence-corrected chi connectivity index (χ1v) is 4.06. The van der Waals surface area contributed by atoms with Crippen LogP contribution in [0.25, 0.3) is 0 Å². The third-order valence-corrected chi connectivity index (χ3v) is 2.08. The summed E-state index contributed by atoms with van der Waals surface area (Å²) in [5.41, 5.74) is 0.640. The predicted molar refractivity (Wildman–Crippen MR) is 47.8 cm³/mol. The number of hydrogen-bond donors (Lipinski definition) is 1. The Morgan fingerprint density at radius 3 is 2.29 bits per heavy atom. The summed E-state index contributed by atoms with van der Waals surface area (Å²) in [6.45, 7) is 3.13.